The minimum absolute atomic E-state index is 0.155. The van der Waals surface area contributed by atoms with Crippen LogP contribution in [0, 0.1) is 5.92 Å². The number of hydrogen-bond acceptors (Lipinski definition) is 4. The van der Waals surface area contributed by atoms with E-state index in [0.29, 0.717) is 6.61 Å². The van der Waals surface area contributed by atoms with Crippen molar-refractivity contribution in [1.82, 2.24) is 5.48 Å². The predicted molar refractivity (Wildman–Crippen MR) is 50.4 cm³/mol. The molecule has 2 aliphatic rings. The van der Waals surface area contributed by atoms with E-state index >= 15 is 0 Å². The van der Waals surface area contributed by atoms with Crippen LogP contribution in [0.15, 0.2) is 0 Å². The largest absolute Gasteiger partial charge is 0.465 e. The molecule has 0 aromatic heterocycles. The molecule has 0 spiro atoms. The van der Waals surface area contributed by atoms with Crippen LogP contribution in [0.5, 0.6) is 0 Å². The van der Waals surface area contributed by atoms with E-state index in [4.69, 9.17) is 9.57 Å². The first kappa shape index (κ1) is 9.93. The summed E-state index contributed by atoms with van der Waals surface area (Å²) in [4.78, 5) is 17.1. The Morgan fingerprint density at radius 1 is 1.71 bits per heavy atom. The summed E-state index contributed by atoms with van der Waals surface area (Å²) in [7, 11) is 0. The van der Waals surface area contributed by atoms with Gasteiger partial charge in [0.1, 0.15) is 6.04 Å². The third-order valence-corrected chi connectivity index (χ3v) is 3.33. The lowest BCUT2D eigenvalue weighted by Gasteiger charge is -2.21. The van der Waals surface area contributed by atoms with Gasteiger partial charge in [-0.3, -0.25) is 9.63 Å². The molecule has 80 valence electrons. The molecule has 4 nitrogen and oxygen atoms in total. The highest BCUT2D eigenvalue weighted by Gasteiger charge is 2.52. The number of hydrogen-bond donors (Lipinski definition) is 1. The van der Waals surface area contributed by atoms with Gasteiger partial charge in [-0.25, -0.2) is 0 Å². The molecule has 3 atom stereocenters. The van der Waals surface area contributed by atoms with Crippen molar-refractivity contribution in [2.45, 2.75) is 44.8 Å². The maximum Gasteiger partial charge on any atom is 0.325 e. The Kier molecular flexibility index (Phi) is 2.49. The van der Waals surface area contributed by atoms with E-state index in [1.165, 1.54) is 0 Å². The summed E-state index contributed by atoms with van der Waals surface area (Å²) in [6.07, 6.45) is 3.21. The van der Waals surface area contributed by atoms with E-state index in [-0.39, 0.29) is 23.5 Å². The van der Waals surface area contributed by atoms with Crippen LogP contribution in [-0.4, -0.2) is 24.2 Å². The molecule has 14 heavy (non-hydrogen) atoms. The Morgan fingerprint density at radius 3 is 3.21 bits per heavy atom. The van der Waals surface area contributed by atoms with Gasteiger partial charge in [0.2, 0.25) is 0 Å². The Balaban J connectivity index is 2.05. The van der Waals surface area contributed by atoms with Gasteiger partial charge >= 0.3 is 5.97 Å². The highest BCUT2D eigenvalue weighted by atomic mass is 16.7. The summed E-state index contributed by atoms with van der Waals surface area (Å²) in [6, 6.07) is -0.262. The summed E-state index contributed by atoms with van der Waals surface area (Å²) < 4.78 is 5.00. The molecule has 1 aliphatic heterocycles. The topological polar surface area (TPSA) is 47.6 Å². The predicted octanol–water partition coefficient (Wildman–Crippen LogP) is 1.01. The van der Waals surface area contributed by atoms with Crippen molar-refractivity contribution in [2.75, 3.05) is 6.61 Å². The lowest BCUT2D eigenvalue weighted by Crippen LogP contribution is -2.38. The molecule has 0 amide bonds. The molecule has 2 rings (SSSR count). The second kappa shape index (κ2) is 3.51. The molecular formula is C10H17NO3. The Labute approximate surface area is 83.9 Å². The first-order valence-electron chi connectivity index (χ1n) is 5.27. The Hall–Kier alpha value is -0.610. The fraction of sp³-hybridized carbons (Fsp3) is 0.900. The molecule has 0 aromatic carbocycles. The fourth-order valence-electron chi connectivity index (χ4n) is 2.53. The number of carbonyl (C=O) groups excluding carboxylic acids is 1. The second-order valence-electron chi connectivity index (χ2n) is 4.26. The van der Waals surface area contributed by atoms with Crippen LogP contribution in [0.25, 0.3) is 0 Å². The van der Waals surface area contributed by atoms with Gasteiger partial charge in [-0.05, 0) is 26.7 Å². The van der Waals surface area contributed by atoms with E-state index < -0.39 is 0 Å². The van der Waals surface area contributed by atoms with Crippen LogP contribution in [0.1, 0.15) is 33.1 Å². The van der Waals surface area contributed by atoms with Gasteiger partial charge in [0.25, 0.3) is 0 Å². The number of esters is 1. The van der Waals surface area contributed by atoms with Gasteiger partial charge in [-0.1, -0.05) is 6.42 Å². The van der Waals surface area contributed by atoms with Crippen molar-refractivity contribution >= 4 is 5.97 Å². The van der Waals surface area contributed by atoms with Crippen molar-refractivity contribution in [1.29, 1.82) is 0 Å². The quantitative estimate of drug-likeness (QED) is 0.674. The molecule has 1 saturated carbocycles. The molecule has 1 heterocycles. The van der Waals surface area contributed by atoms with Crippen molar-refractivity contribution in [3.8, 4) is 0 Å². The lowest BCUT2D eigenvalue weighted by atomic mass is 9.88. The number of nitrogens with one attached hydrogen (secondary N) is 1. The summed E-state index contributed by atoms with van der Waals surface area (Å²) in [5.74, 6) is 0.102. The van der Waals surface area contributed by atoms with Crippen LogP contribution in [0.3, 0.4) is 0 Å². The molecule has 1 unspecified atom stereocenters. The molecule has 0 aromatic rings. The van der Waals surface area contributed by atoms with Crippen molar-refractivity contribution in [3.63, 3.8) is 0 Å². The van der Waals surface area contributed by atoms with Crippen LogP contribution < -0.4 is 5.48 Å². The molecule has 0 bridgehead atoms. The summed E-state index contributed by atoms with van der Waals surface area (Å²) >= 11 is 0. The summed E-state index contributed by atoms with van der Waals surface area (Å²) in [5.41, 5.74) is 2.65. The van der Waals surface area contributed by atoms with Gasteiger partial charge in [-0.2, -0.15) is 5.48 Å². The molecule has 1 aliphatic carbocycles. The zero-order chi connectivity index (χ0) is 10.2. The lowest BCUT2D eigenvalue weighted by molar-refractivity contribution is -0.147. The average molecular weight is 199 g/mol. The van der Waals surface area contributed by atoms with E-state index in [2.05, 4.69) is 12.4 Å². The minimum Gasteiger partial charge on any atom is -0.465 e. The molecule has 1 N–H and O–H groups in total. The van der Waals surface area contributed by atoms with E-state index in [1.54, 1.807) is 0 Å². The number of carbonyl (C=O) groups is 1. The van der Waals surface area contributed by atoms with Crippen molar-refractivity contribution in [3.05, 3.63) is 0 Å². The van der Waals surface area contributed by atoms with Gasteiger partial charge in [0.15, 0.2) is 0 Å². The van der Waals surface area contributed by atoms with Crippen molar-refractivity contribution < 1.29 is 14.4 Å². The molecule has 4 heteroatoms. The van der Waals surface area contributed by atoms with Crippen molar-refractivity contribution in [2.24, 2.45) is 5.92 Å². The van der Waals surface area contributed by atoms with Gasteiger partial charge in [-0.15, -0.1) is 0 Å². The van der Waals surface area contributed by atoms with E-state index in [0.717, 1.165) is 19.3 Å². The monoisotopic (exact) mass is 199 g/mol. The number of ether oxygens (including phenoxy) is 1. The van der Waals surface area contributed by atoms with Crippen LogP contribution in [0.2, 0.25) is 0 Å². The number of fused-ring (bicyclic) bond motifs is 1. The molecule has 2 fully saturated rings. The zero-order valence-electron chi connectivity index (χ0n) is 8.71. The fourth-order valence-corrected chi connectivity index (χ4v) is 2.53. The average Bonchev–Trinajstić information content (AvgIpc) is 2.61. The van der Waals surface area contributed by atoms with Gasteiger partial charge < -0.3 is 4.74 Å². The van der Waals surface area contributed by atoms with E-state index in [9.17, 15) is 4.79 Å². The van der Waals surface area contributed by atoms with E-state index in [1.807, 2.05) is 6.92 Å². The highest BCUT2D eigenvalue weighted by molar-refractivity contribution is 5.76. The minimum atomic E-state index is -0.262. The maximum absolute atomic E-state index is 11.6. The van der Waals surface area contributed by atoms with Crippen LogP contribution >= 0.6 is 0 Å². The first-order chi connectivity index (χ1) is 6.67. The SMILES string of the molecule is CCOC(=O)C1NO[C@]2(C)CCC[C@H]12. The van der Waals surface area contributed by atoms with Crippen LogP contribution in [0.4, 0.5) is 0 Å². The Bertz CT molecular complexity index is 244. The second-order valence-corrected chi connectivity index (χ2v) is 4.26. The summed E-state index contributed by atoms with van der Waals surface area (Å²) in [5, 5.41) is 0. The number of hydroxylamine groups is 1. The zero-order valence-corrected chi connectivity index (χ0v) is 8.71. The maximum atomic E-state index is 11.6. The molecule has 0 radical (unpaired) electrons. The number of rotatable bonds is 2. The van der Waals surface area contributed by atoms with Crippen LogP contribution in [-0.2, 0) is 14.4 Å². The molecule has 1 saturated heterocycles. The first-order valence-corrected chi connectivity index (χ1v) is 5.27. The normalized spacial score (nSPS) is 41.0. The smallest absolute Gasteiger partial charge is 0.325 e. The standard InChI is InChI=1S/C10H17NO3/c1-3-13-9(12)8-7-5-4-6-10(7,2)14-11-8/h7-8,11H,3-6H2,1-2H3/t7-,8?,10-/m1/s1. The third kappa shape index (κ3) is 1.42. The van der Waals surface area contributed by atoms with Gasteiger partial charge in [0, 0.05) is 5.92 Å². The molecular weight excluding hydrogens is 182 g/mol. The summed E-state index contributed by atoms with van der Waals surface area (Å²) in [6.45, 7) is 4.32. The highest BCUT2D eigenvalue weighted by Crippen LogP contribution is 2.43. The third-order valence-electron chi connectivity index (χ3n) is 3.33. The van der Waals surface area contributed by atoms with Gasteiger partial charge in [0.05, 0.1) is 12.2 Å². The Morgan fingerprint density at radius 2 is 2.50 bits per heavy atom.